The summed E-state index contributed by atoms with van der Waals surface area (Å²) in [6.07, 6.45) is 2.93. The molecule has 2 atom stereocenters. The highest BCUT2D eigenvalue weighted by atomic mass is 16.4. The van der Waals surface area contributed by atoms with Crippen molar-refractivity contribution in [3.8, 4) is 11.5 Å². The SMILES string of the molecule is OB(O)c1cccc(C=N[C@@H](c2ccccc2)[C@@H](N=Cc2cccc(B(O)O)c2O)c2ccccc2)c1O. The van der Waals surface area contributed by atoms with Crippen LogP contribution in [0.25, 0.3) is 0 Å². The molecular weight excluding hydrogens is 482 g/mol. The molecule has 0 fully saturated rings. The third kappa shape index (κ3) is 6.19. The van der Waals surface area contributed by atoms with Crippen LogP contribution in [0.4, 0.5) is 0 Å². The van der Waals surface area contributed by atoms with Crippen molar-refractivity contribution in [1.82, 2.24) is 0 Å². The van der Waals surface area contributed by atoms with Gasteiger partial charge in [-0.1, -0.05) is 84.9 Å². The second kappa shape index (κ2) is 12.4. The van der Waals surface area contributed by atoms with Crippen molar-refractivity contribution in [3.05, 3.63) is 119 Å². The molecule has 4 aromatic rings. The van der Waals surface area contributed by atoms with Gasteiger partial charge in [-0.3, -0.25) is 9.98 Å². The number of aliphatic imine (C=N–C) groups is 2. The van der Waals surface area contributed by atoms with Crippen LogP contribution in [0.2, 0.25) is 0 Å². The molecule has 0 saturated heterocycles. The summed E-state index contributed by atoms with van der Waals surface area (Å²) in [5.41, 5.74) is 2.19. The molecule has 0 bridgehead atoms. The van der Waals surface area contributed by atoms with Crippen molar-refractivity contribution in [2.24, 2.45) is 9.98 Å². The number of rotatable bonds is 9. The zero-order valence-electron chi connectivity index (χ0n) is 20.3. The minimum Gasteiger partial charge on any atom is -0.508 e. The zero-order chi connectivity index (χ0) is 27.1. The average molecular weight is 508 g/mol. The third-order valence-corrected chi connectivity index (χ3v) is 6.08. The largest absolute Gasteiger partial charge is 0.508 e. The molecule has 0 aliphatic heterocycles. The van der Waals surface area contributed by atoms with Crippen LogP contribution in [0, 0.1) is 0 Å². The molecule has 0 aliphatic carbocycles. The standard InChI is InChI=1S/C28H26B2N2O6/c33-27-21(13-7-15-23(27)29(35)36)17-31-25(19-9-3-1-4-10-19)26(20-11-5-2-6-12-20)32-18-22-14-8-16-24(28(22)34)30(37)38/h1-18,25-26,33-38H/t25-,26-/m0/s1. The van der Waals surface area contributed by atoms with Crippen LogP contribution >= 0.6 is 0 Å². The smallest absolute Gasteiger partial charge is 0.492 e. The molecule has 6 N–H and O–H groups in total. The van der Waals surface area contributed by atoms with E-state index in [2.05, 4.69) is 0 Å². The fourth-order valence-electron chi connectivity index (χ4n) is 4.11. The van der Waals surface area contributed by atoms with Gasteiger partial charge in [-0.25, -0.2) is 0 Å². The summed E-state index contributed by atoms with van der Waals surface area (Å²) in [6, 6.07) is 26.9. The molecule has 4 rings (SSSR count). The maximum Gasteiger partial charge on any atom is 0.492 e. The van der Waals surface area contributed by atoms with Gasteiger partial charge in [-0.2, -0.15) is 0 Å². The van der Waals surface area contributed by atoms with Crippen molar-refractivity contribution in [1.29, 1.82) is 0 Å². The van der Waals surface area contributed by atoms with Crippen LogP contribution < -0.4 is 10.9 Å². The van der Waals surface area contributed by atoms with Crippen molar-refractivity contribution in [2.45, 2.75) is 12.1 Å². The summed E-state index contributed by atoms with van der Waals surface area (Å²) < 4.78 is 0. The van der Waals surface area contributed by atoms with Crippen LogP contribution in [0.3, 0.4) is 0 Å². The van der Waals surface area contributed by atoms with Crippen LogP contribution in [0.5, 0.6) is 11.5 Å². The lowest BCUT2D eigenvalue weighted by Crippen LogP contribution is -2.30. The van der Waals surface area contributed by atoms with Crippen LogP contribution in [0.1, 0.15) is 34.3 Å². The number of hydrogen-bond acceptors (Lipinski definition) is 8. The Morgan fingerprint density at radius 1 is 0.500 bits per heavy atom. The quantitative estimate of drug-likeness (QED) is 0.149. The third-order valence-electron chi connectivity index (χ3n) is 6.08. The number of phenolic OH excluding ortho intramolecular Hbond substituents is 2. The van der Waals surface area contributed by atoms with Gasteiger partial charge in [0, 0.05) is 34.5 Å². The van der Waals surface area contributed by atoms with Gasteiger partial charge < -0.3 is 30.3 Å². The van der Waals surface area contributed by atoms with E-state index in [9.17, 15) is 30.3 Å². The monoisotopic (exact) mass is 508 g/mol. The lowest BCUT2D eigenvalue weighted by Gasteiger charge is -2.22. The number of aromatic hydroxyl groups is 2. The molecule has 8 nitrogen and oxygen atoms in total. The highest BCUT2D eigenvalue weighted by molar-refractivity contribution is 6.60. The normalized spacial score (nSPS) is 13.1. The van der Waals surface area contributed by atoms with E-state index in [1.54, 1.807) is 24.3 Å². The van der Waals surface area contributed by atoms with Crippen LogP contribution in [0.15, 0.2) is 107 Å². The Balaban J connectivity index is 1.81. The summed E-state index contributed by atoms with van der Waals surface area (Å²) in [4.78, 5) is 9.56. The summed E-state index contributed by atoms with van der Waals surface area (Å²) in [6.45, 7) is 0. The maximum absolute atomic E-state index is 10.5. The molecule has 4 aromatic carbocycles. The van der Waals surface area contributed by atoms with Gasteiger partial charge in [0.1, 0.15) is 23.6 Å². The Labute approximate surface area is 220 Å². The van der Waals surface area contributed by atoms with E-state index in [0.717, 1.165) is 11.1 Å². The first kappa shape index (κ1) is 26.8. The summed E-state index contributed by atoms with van der Waals surface area (Å²) in [7, 11) is -3.67. The maximum atomic E-state index is 10.5. The summed E-state index contributed by atoms with van der Waals surface area (Å²) in [5, 5.41) is 59.3. The molecule has 10 heteroatoms. The van der Waals surface area contributed by atoms with Gasteiger partial charge in [0.15, 0.2) is 0 Å². The lowest BCUT2D eigenvalue weighted by molar-refractivity contribution is 0.417. The molecule has 0 unspecified atom stereocenters. The van der Waals surface area contributed by atoms with E-state index in [1.807, 2.05) is 60.7 Å². The molecule has 0 spiro atoms. The molecule has 190 valence electrons. The molecular formula is C28H26B2N2O6. The highest BCUT2D eigenvalue weighted by Crippen LogP contribution is 2.36. The van der Waals surface area contributed by atoms with Gasteiger partial charge in [0.05, 0.1) is 0 Å². The van der Waals surface area contributed by atoms with E-state index in [1.165, 1.54) is 24.6 Å². The molecule has 38 heavy (non-hydrogen) atoms. The number of nitrogens with zero attached hydrogens (tertiary/aromatic N) is 2. The predicted molar refractivity (Wildman–Crippen MR) is 149 cm³/mol. The Morgan fingerprint density at radius 2 is 0.868 bits per heavy atom. The number of phenols is 2. The van der Waals surface area contributed by atoms with Gasteiger partial charge >= 0.3 is 14.2 Å². The lowest BCUT2D eigenvalue weighted by atomic mass is 9.78. The fourth-order valence-corrected chi connectivity index (χ4v) is 4.11. The van der Waals surface area contributed by atoms with Crippen molar-refractivity contribution in [2.75, 3.05) is 0 Å². The highest BCUT2D eigenvalue weighted by Gasteiger charge is 2.25. The Kier molecular flexibility index (Phi) is 8.73. The van der Waals surface area contributed by atoms with Crippen molar-refractivity contribution >= 4 is 37.6 Å². The fraction of sp³-hybridized carbons (Fsp3) is 0.0714. The topological polar surface area (TPSA) is 146 Å². The van der Waals surface area contributed by atoms with Gasteiger partial charge in [-0.05, 0) is 23.3 Å². The number of benzene rings is 4. The second-order valence-corrected chi connectivity index (χ2v) is 8.58. The first-order valence-corrected chi connectivity index (χ1v) is 11.9. The molecule has 0 radical (unpaired) electrons. The molecule has 0 saturated carbocycles. The van der Waals surface area contributed by atoms with Gasteiger partial charge in [-0.15, -0.1) is 0 Å². The van der Waals surface area contributed by atoms with Crippen LogP contribution in [-0.4, -0.2) is 57.0 Å². The van der Waals surface area contributed by atoms with Crippen molar-refractivity contribution < 1.29 is 30.3 Å². The summed E-state index contributed by atoms with van der Waals surface area (Å²) in [5.74, 6) is -0.579. The first-order chi connectivity index (χ1) is 18.4. The first-order valence-electron chi connectivity index (χ1n) is 11.9. The zero-order valence-corrected chi connectivity index (χ0v) is 20.3. The average Bonchev–Trinajstić information content (AvgIpc) is 2.92. The minimum absolute atomic E-state index is 0.0377. The summed E-state index contributed by atoms with van der Waals surface area (Å²) >= 11 is 0. The van der Waals surface area contributed by atoms with E-state index in [4.69, 9.17) is 9.98 Å². The van der Waals surface area contributed by atoms with Gasteiger partial charge in [0.25, 0.3) is 0 Å². The van der Waals surface area contributed by atoms with Crippen molar-refractivity contribution in [3.63, 3.8) is 0 Å². The van der Waals surface area contributed by atoms with Gasteiger partial charge in [0.2, 0.25) is 0 Å². The molecule has 0 aromatic heterocycles. The van der Waals surface area contributed by atoms with E-state index in [-0.39, 0.29) is 22.4 Å². The molecule has 0 amide bonds. The Hall–Kier alpha value is -4.21. The van der Waals surface area contributed by atoms with E-state index < -0.39 is 26.3 Å². The minimum atomic E-state index is -1.84. The Bertz CT molecular complexity index is 1310. The Morgan fingerprint density at radius 3 is 1.21 bits per heavy atom. The molecule has 0 aliphatic rings. The number of para-hydroxylation sites is 2. The van der Waals surface area contributed by atoms with E-state index in [0.29, 0.717) is 11.1 Å². The molecule has 0 heterocycles. The van der Waals surface area contributed by atoms with Crippen LogP contribution in [-0.2, 0) is 0 Å². The second-order valence-electron chi connectivity index (χ2n) is 8.58. The van der Waals surface area contributed by atoms with E-state index >= 15 is 0 Å². The predicted octanol–water partition coefficient (Wildman–Crippen LogP) is 1.48. The number of hydrogen-bond donors (Lipinski definition) is 6.